The van der Waals surface area contributed by atoms with Crippen molar-refractivity contribution in [3.05, 3.63) is 24.3 Å². The number of hydrogen-bond acceptors (Lipinski definition) is 2. The molecule has 2 N–H and O–H groups in total. The smallest absolute Gasteiger partial charge is 0.0345 e. The van der Waals surface area contributed by atoms with Crippen molar-refractivity contribution >= 4 is 11.4 Å². The number of rotatable bonds is 6. The molecule has 0 aliphatic heterocycles. The first-order chi connectivity index (χ1) is 10.6. The zero-order chi connectivity index (χ0) is 18.8. The van der Waals surface area contributed by atoms with E-state index in [2.05, 4.69) is 104 Å². The minimum absolute atomic E-state index is 0.0820. The lowest BCUT2D eigenvalue weighted by molar-refractivity contribution is 0.301. The molecular weight excluding hydrogens is 292 g/mol. The van der Waals surface area contributed by atoms with E-state index in [9.17, 15) is 0 Å². The molecule has 0 aromatic heterocycles. The number of hydrogen-bond donors (Lipinski definition) is 2. The van der Waals surface area contributed by atoms with Gasteiger partial charge < -0.3 is 10.6 Å². The second-order valence-corrected chi connectivity index (χ2v) is 11.1. The molecule has 2 nitrogen and oxygen atoms in total. The molecule has 1 aromatic carbocycles. The van der Waals surface area contributed by atoms with Gasteiger partial charge in [0.05, 0.1) is 0 Å². The lowest BCUT2D eigenvalue weighted by Gasteiger charge is -2.35. The van der Waals surface area contributed by atoms with Crippen molar-refractivity contribution in [2.75, 3.05) is 10.6 Å². The van der Waals surface area contributed by atoms with Gasteiger partial charge >= 0.3 is 0 Å². The Hall–Kier alpha value is -1.18. The Balaban J connectivity index is 2.73. The van der Waals surface area contributed by atoms with E-state index >= 15 is 0 Å². The predicted molar refractivity (Wildman–Crippen MR) is 110 cm³/mol. The van der Waals surface area contributed by atoms with E-state index in [4.69, 9.17) is 0 Å². The van der Waals surface area contributed by atoms with Crippen molar-refractivity contribution in [2.45, 2.75) is 93.2 Å². The lowest BCUT2D eigenvalue weighted by Crippen LogP contribution is -2.36. The summed E-state index contributed by atoms with van der Waals surface area (Å²) in [6.07, 6.45) is 2.25. The highest BCUT2D eigenvalue weighted by molar-refractivity contribution is 5.55. The van der Waals surface area contributed by atoms with Crippen LogP contribution < -0.4 is 10.6 Å². The minimum Gasteiger partial charge on any atom is -0.380 e. The number of anilines is 2. The zero-order valence-electron chi connectivity index (χ0n) is 17.7. The molecule has 0 atom stereocenters. The van der Waals surface area contributed by atoms with Gasteiger partial charge in [-0.2, -0.15) is 0 Å². The highest BCUT2D eigenvalue weighted by Crippen LogP contribution is 2.32. The van der Waals surface area contributed by atoms with E-state index in [0.29, 0.717) is 10.8 Å². The standard InChI is InChI=1S/C22H40N2/c1-19(2,3)15-21(7,8)23-17-11-13-18(14-12-17)24-22(9,10)16-20(4,5)6/h11-14,23-24H,15-16H2,1-10H3. The summed E-state index contributed by atoms with van der Waals surface area (Å²) in [5.74, 6) is 0. The van der Waals surface area contributed by atoms with Gasteiger partial charge in [-0.05, 0) is 75.6 Å². The Kier molecular flexibility index (Phi) is 6.07. The van der Waals surface area contributed by atoms with Crippen molar-refractivity contribution in [3.63, 3.8) is 0 Å². The van der Waals surface area contributed by atoms with Crippen LogP contribution in [-0.4, -0.2) is 11.1 Å². The fourth-order valence-corrected chi connectivity index (χ4v) is 4.16. The Morgan fingerprint density at radius 1 is 0.542 bits per heavy atom. The highest BCUT2D eigenvalue weighted by Gasteiger charge is 2.26. The molecular formula is C22H40N2. The summed E-state index contributed by atoms with van der Waals surface area (Å²) in [6, 6.07) is 8.72. The number of nitrogens with one attached hydrogen (secondary N) is 2. The molecule has 2 heteroatoms. The Morgan fingerprint density at radius 2 is 0.792 bits per heavy atom. The van der Waals surface area contributed by atoms with Crippen LogP contribution in [0.5, 0.6) is 0 Å². The van der Waals surface area contributed by atoms with Crippen LogP contribution in [0.4, 0.5) is 11.4 Å². The molecule has 0 aliphatic carbocycles. The third-order valence-corrected chi connectivity index (χ3v) is 3.79. The van der Waals surface area contributed by atoms with Gasteiger partial charge in [-0.15, -0.1) is 0 Å². The average Bonchev–Trinajstić information content (AvgIpc) is 2.24. The Labute approximate surface area is 150 Å². The summed E-state index contributed by atoms with van der Waals surface area (Å²) in [7, 11) is 0. The third-order valence-electron chi connectivity index (χ3n) is 3.79. The van der Waals surface area contributed by atoms with E-state index in [-0.39, 0.29) is 11.1 Å². The molecule has 1 rings (SSSR count). The molecule has 0 saturated carbocycles. The van der Waals surface area contributed by atoms with E-state index in [1.54, 1.807) is 0 Å². The summed E-state index contributed by atoms with van der Waals surface area (Å²) in [4.78, 5) is 0. The largest absolute Gasteiger partial charge is 0.380 e. The van der Waals surface area contributed by atoms with Crippen LogP contribution in [0.15, 0.2) is 24.3 Å². The molecule has 0 radical (unpaired) electrons. The molecule has 0 fully saturated rings. The van der Waals surface area contributed by atoms with E-state index in [1.165, 1.54) is 11.4 Å². The van der Waals surface area contributed by atoms with Crippen LogP contribution in [0.3, 0.4) is 0 Å². The molecule has 0 heterocycles. The van der Waals surface area contributed by atoms with Gasteiger partial charge in [-0.25, -0.2) is 0 Å². The average molecular weight is 333 g/mol. The molecule has 0 unspecified atom stereocenters. The fraction of sp³-hybridized carbons (Fsp3) is 0.727. The van der Waals surface area contributed by atoms with Crippen molar-refractivity contribution in [1.29, 1.82) is 0 Å². The van der Waals surface area contributed by atoms with Crippen LogP contribution in [-0.2, 0) is 0 Å². The first kappa shape index (κ1) is 20.9. The second kappa shape index (κ2) is 6.98. The van der Waals surface area contributed by atoms with E-state index in [1.807, 2.05) is 0 Å². The van der Waals surface area contributed by atoms with Gasteiger partial charge in [0, 0.05) is 22.5 Å². The maximum Gasteiger partial charge on any atom is 0.0345 e. The highest BCUT2D eigenvalue weighted by atomic mass is 15.0. The van der Waals surface area contributed by atoms with Crippen molar-refractivity contribution in [1.82, 2.24) is 0 Å². The van der Waals surface area contributed by atoms with Crippen LogP contribution in [0.25, 0.3) is 0 Å². The molecule has 0 aliphatic rings. The van der Waals surface area contributed by atoms with Gasteiger partial charge in [0.2, 0.25) is 0 Å². The Bertz CT molecular complexity index is 461. The van der Waals surface area contributed by atoms with E-state index in [0.717, 1.165) is 12.8 Å². The summed E-state index contributed by atoms with van der Waals surface area (Å²) in [6.45, 7) is 22.9. The minimum atomic E-state index is 0.0820. The molecule has 0 bridgehead atoms. The Morgan fingerprint density at radius 3 is 1.00 bits per heavy atom. The summed E-state index contributed by atoms with van der Waals surface area (Å²) < 4.78 is 0. The quantitative estimate of drug-likeness (QED) is 0.589. The van der Waals surface area contributed by atoms with Crippen molar-refractivity contribution in [3.8, 4) is 0 Å². The lowest BCUT2D eigenvalue weighted by atomic mass is 9.81. The normalized spacial score (nSPS) is 13.8. The third kappa shape index (κ3) is 8.61. The molecule has 0 amide bonds. The monoisotopic (exact) mass is 332 g/mol. The molecule has 0 spiro atoms. The zero-order valence-corrected chi connectivity index (χ0v) is 17.7. The molecule has 138 valence electrons. The SMILES string of the molecule is CC(C)(C)CC(C)(C)Nc1ccc(NC(C)(C)CC(C)(C)C)cc1. The van der Waals surface area contributed by atoms with Crippen molar-refractivity contribution in [2.24, 2.45) is 10.8 Å². The molecule has 0 saturated heterocycles. The van der Waals surface area contributed by atoms with Crippen LogP contribution in [0.2, 0.25) is 0 Å². The number of benzene rings is 1. The van der Waals surface area contributed by atoms with Gasteiger partial charge in [-0.1, -0.05) is 41.5 Å². The van der Waals surface area contributed by atoms with Crippen LogP contribution >= 0.6 is 0 Å². The van der Waals surface area contributed by atoms with E-state index < -0.39 is 0 Å². The maximum absolute atomic E-state index is 3.68. The maximum atomic E-state index is 3.68. The molecule has 1 aromatic rings. The second-order valence-electron chi connectivity index (χ2n) is 11.1. The first-order valence-corrected chi connectivity index (χ1v) is 9.24. The van der Waals surface area contributed by atoms with Gasteiger partial charge in [0.1, 0.15) is 0 Å². The summed E-state index contributed by atoms with van der Waals surface area (Å²) in [5, 5.41) is 7.35. The molecule has 24 heavy (non-hydrogen) atoms. The summed E-state index contributed by atoms with van der Waals surface area (Å²) in [5.41, 5.74) is 3.16. The van der Waals surface area contributed by atoms with Crippen LogP contribution in [0.1, 0.15) is 82.1 Å². The van der Waals surface area contributed by atoms with Crippen molar-refractivity contribution < 1.29 is 0 Å². The first-order valence-electron chi connectivity index (χ1n) is 9.24. The van der Waals surface area contributed by atoms with Gasteiger partial charge in [-0.3, -0.25) is 0 Å². The van der Waals surface area contributed by atoms with Gasteiger partial charge in [0.25, 0.3) is 0 Å². The topological polar surface area (TPSA) is 24.1 Å². The fourth-order valence-electron chi connectivity index (χ4n) is 4.16. The summed E-state index contributed by atoms with van der Waals surface area (Å²) >= 11 is 0. The predicted octanol–water partition coefficient (Wildman–Crippen LogP) is 6.94. The van der Waals surface area contributed by atoms with Gasteiger partial charge in [0.15, 0.2) is 0 Å². The van der Waals surface area contributed by atoms with Crippen LogP contribution in [0, 0.1) is 10.8 Å².